The first kappa shape index (κ1) is 7.18. The Labute approximate surface area is 70.1 Å². The summed E-state index contributed by atoms with van der Waals surface area (Å²) in [5, 5.41) is 21.1. The van der Waals surface area contributed by atoms with E-state index in [1.54, 1.807) is 24.4 Å². The summed E-state index contributed by atoms with van der Waals surface area (Å²) in [5.41, 5.74) is 1.87. The molecular weight excluding hydrogens is 154 g/mol. The standard InChI is InChI=1S/C9H9NO2/c11-9-2-1-8-6-10(12)4-3-7(8)5-9/h1-5,11-12H,6H2/p-1. The van der Waals surface area contributed by atoms with Gasteiger partial charge < -0.3 is 5.11 Å². The Morgan fingerprint density at radius 1 is 1.42 bits per heavy atom. The molecule has 0 amide bonds. The molecule has 0 aliphatic carbocycles. The molecule has 1 aromatic rings. The van der Waals surface area contributed by atoms with Gasteiger partial charge in [-0.1, -0.05) is 18.2 Å². The lowest BCUT2D eigenvalue weighted by Gasteiger charge is -2.20. The lowest BCUT2D eigenvalue weighted by Crippen LogP contribution is -2.15. The molecule has 0 saturated carbocycles. The first-order valence-corrected chi connectivity index (χ1v) is 3.69. The zero-order valence-corrected chi connectivity index (χ0v) is 6.40. The molecule has 62 valence electrons. The van der Waals surface area contributed by atoms with Gasteiger partial charge in [-0.15, -0.1) is 5.75 Å². The van der Waals surface area contributed by atoms with E-state index in [0.717, 1.165) is 16.2 Å². The number of hydroxylamine groups is 2. The molecule has 1 aliphatic heterocycles. The van der Waals surface area contributed by atoms with Crippen LogP contribution in [0.2, 0.25) is 0 Å². The molecule has 0 unspecified atom stereocenters. The third-order valence-electron chi connectivity index (χ3n) is 1.88. The molecule has 0 radical (unpaired) electrons. The maximum Gasteiger partial charge on any atom is 0.0702 e. The van der Waals surface area contributed by atoms with E-state index in [1.165, 1.54) is 6.07 Å². The molecule has 1 N–H and O–H groups in total. The summed E-state index contributed by atoms with van der Waals surface area (Å²) in [4.78, 5) is 0. The average Bonchev–Trinajstić information content (AvgIpc) is 2.05. The van der Waals surface area contributed by atoms with Gasteiger partial charge in [0.1, 0.15) is 0 Å². The second-order valence-corrected chi connectivity index (χ2v) is 2.77. The largest absolute Gasteiger partial charge is 0.872 e. The van der Waals surface area contributed by atoms with Gasteiger partial charge in [0.05, 0.1) is 6.54 Å². The van der Waals surface area contributed by atoms with E-state index in [2.05, 4.69) is 0 Å². The molecule has 3 heteroatoms. The average molecular weight is 162 g/mol. The molecule has 0 bridgehead atoms. The minimum atomic E-state index is 0.00443. The van der Waals surface area contributed by atoms with Gasteiger partial charge in [0.2, 0.25) is 0 Å². The van der Waals surface area contributed by atoms with E-state index in [1.807, 2.05) is 0 Å². The highest BCUT2D eigenvalue weighted by Gasteiger charge is 2.06. The van der Waals surface area contributed by atoms with Crippen molar-refractivity contribution in [3.05, 3.63) is 35.5 Å². The first-order chi connectivity index (χ1) is 5.75. The Morgan fingerprint density at radius 2 is 2.25 bits per heavy atom. The van der Waals surface area contributed by atoms with Gasteiger partial charge >= 0.3 is 0 Å². The van der Waals surface area contributed by atoms with Crippen LogP contribution in [0, 0.1) is 0 Å². The third kappa shape index (κ3) is 1.14. The summed E-state index contributed by atoms with van der Waals surface area (Å²) in [6.45, 7) is 0.451. The van der Waals surface area contributed by atoms with Gasteiger partial charge in [-0.05, 0) is 17.2 Å². The number of fused-ring (bicyclic) bond motifs is 1. The number of rotatable bonds is 0. The lowest BCUT2D eigenvalue weighted by molar-refractivity contribution is -0.268. The van der Waals surface area contributed by atoms with Gasteiger partial charge in [-0.25, -0.2) is 0 Å². The summed E-state index contributed by atoms with van der Waals surface area (Å²) < 4.78 is 0. The summed E-state index contributed by atoms with van der Waals surface area (Å²) in [5.74, 6) is 0.00443. The van der Waals surface area contributed by atoms with Gasteiger partial charge in [0.15, 0.2) is 0 Å². The number of benzene rings is 1. The highest BCUT2D eigenvalue weighted by molar-refractivity contribution is 5.57. The number of hydrogen-bond acceptors (Lipinski definition) is 3. The van der Waals surface area contributed by atoms with Crippen molar-refractivity contribution >= 4 is 6.08 Å². The van der Waals surface area contributed by atoms with E-state index in [-0.39, 0.29) is 5.75 Å². The predicted octanol–water partition coefficient (Wildman–Crippen LogP) is 0.936. The summed E-state index contributed by atoms with van der Waals surface area (Å²) >= 11 is 0. The van der Waals surface area contributed by atoms with Crippen molar-refractivity contribution in [2.24, 2.45) is 0 Å². The van der Waals surface area contributed by atoms with E-state index in [4.69, 9.17) is 5.21 Å². The molecule has 3 nitrogen and oxygen atoms in total. The van der Waals surface area contributed by atoms with Crippen molar-refractivity contribution in [3.8, 4) is 5.75 Å². The molecule has 1 aliphatic rings. The molecule has 2 rings (SSSR count). The Kier molecular flexibility index (Phi) is 1.52. The van der Waals surface area contributed by atoms with E-state index in [9.17, 15) is 5.11 Å². The Balaban J connectivity index is 2.47. The maximum atomic E-state index is 10.9. The van der Waals surface area contributed by atoms with Crippen molar-refractivity contribution < 1.29 is 10.3 Å². The smallest absolute Gasteiger partial charge is 0.0702 e. The van der Waals surface area contributed by atoms with Crippen LogP contribution in [0.15, 0.2) is 24.4 Å². The normalized spacial score (nSPS) is 14.6. The Morgan fingerprint density at radius 3 is 3.08 bits per heavy atom. The van der Waals surface area contributed by atoms with Crippen LogP contribution in [-0.2, 0) is 6.54 Å². The third-order valence-corrected chi connectivity index (χ3v) is 1.88. The summed E-state index contributed by atoms with van der Waals surface area (Å²) in [6, 6.07) is 4.81. The molecule has 0 fully saturated rings. The van der Waals surface area contributed by atoms with Gasteiger partial charge in [0, 0.05) is 6.20 Å². The van der Waals surface area contributed by atoms with Crippen LogP contribution in [0.1, 0.15) is 11.1 Å². The monoisotopic (exact) mass is 162 g/mol. The van der Waals surface area contributed by atoms with Gasteiger partial charge in [0.25, 0.3) is 0 Å². The quantitative estimate of drug-likeness (QED) is 0.617. The highest BCUT2D eigenvalue weighted by Crippen LogP contribution is 2.21. The molecule has 0 saturated heterocycles. The van der Waals surface area contributed by atoms with Crippen LogP contribution in [-0.4, -0.2) is 10.3 Å². The van der Waals surface area contributed by atoms with Crippen molar-refractivity contribution in [2.75, 3.05) is 0 Å². The van der Waals surface area contributed by atoms with Gasteiger partial charge in [-0.2, -0.15) is 0 Å². The number of hydrogen-bond donors (Lipinski definition) is 1. The molecule has 0 atom stereocenters. The fraction of sp³-hybridized carbons (Fsp3) is 0.111. The summed E-state index contributed by atoms with van der Waals surface area (Å²) in [6.07, 6.45) is 3.27. The molecule has 1 aromatic carbocycles. The van der Waals surface area contributed by atoms with Crippen LogP contribution in [0.25, 0.3) is 6.08 Å². The van der Waals surface area contributed by atoms with Crippen LogP contribution >= 0.6 is 0 Å². The van der Waals surface area contributed by atoms with Crippen molar-refractivity contribution in [1.82, 2.24) is 5.06 Å². The van der Waals surface area contributed by atoms with E-state index in [0.29, 0.717) is 6.54 Å². The van der Waals surface area contributed by atoms with Crippen LogP contribution in [0.3, 0.4) is 0 Å². The van der Waals surface area contributed by atoms with Crippen LogP contribution < -0.4 is 5.11 Å². The van der Waals surface area contributed by atoms with Crippen molar-refractivity contribution in [3.63, 3.8) is 0 Å². The second kappa shape index (κ2) is 2.53. The molecule has 0 aromatic heterocycles. The van der Waals surface area contributed by atoms with Crippen LogP contribution in [0.5, 0.6) is 5.75 Å². The second-order valence-electron chi connectivity index (χ2n) is 2.77. The fourth-order valence-electron chi connectivity index (χ4n) is 1.27. The first-order valence-electron chi connectivity index (χ1n) is 3.69. The Bertz CT molecular complexity index is 333. The SMILES string of the molecule is [O-]c1ccc2c(c1)C=CN(O)C2. The lowest BCUT2D eigenvalue weighted by atomic mass is 10.1. The van der Waals surface area contributed by atoms with Gasteiger partial charge in [-0.3, -0.25) is 10.3 Å². The fourth-order valence-corrected chi connectivity index (χ4v) is 1.27. The Hall–Kier alpha value is -1.48. The van der Waals surface area contributed by atoms with Crippen molar-refractivity contribution in [2.45, 2.75) is 6.54 Å². The topological polar surface area (TPSA) is 46.5 Å². The molecule has 0 spiro atoms. The zero-order chi connectivity index (χ0) is 8.55. The van der Waals surface area contributed by atoms with Crippen LogP contribution in [0.4, 0.5) is 0 Å². The molecular formula is C9H8NO2-. The van der Waals surface area contributed by atoms with Crippen molar-refractivity contribution in [1.29, 1.82) is 0 Å². The van der Waals surface area contributed by atoms with E-state index < -0.39 is 0 Å². The van der Waals surface area contributed by atoms with E-state index >= 15 is 0 Å². The maximum absolute atomic E-state index is 10.9. The minimum absolute atomic E-state index is 0.00443. The number of nitrogens with zero attached hydrogens (tertiary/aromatic N) is 1. The predicted molar refractivity (Wildman–Crippen MR) is 42.3 cm³/mol. The summed E-state index contributed by atoms with van der Waals surface area (Å²) in [7, 11) is 0. The zero-order valence-electron chi connectivity index (χ0n) is 6.40. The minimum Gasteiger partial charge on any atom is -0.872 e. The molecule has 12 heavy (non-hydrogen) atoms. The highest BCUT2D eigenvalue weighted by atomic mass is 16.5. The molecule has 1 heterocycles.